The van der Waals surface area contributed by atoms with E-state index >= 15 is 0 Å². The van der Waals surface area contributed by atoms with Gasteiger partial charge >= 0.3 is 0 Å². The molecule has 1 amide bonds. The smallest absolute Gasteiger partial charge is 0.228 e. The van der Waals surface area contributed by atoms with Crippen molar-refractivity contribution in [1.29, 1.82) is 0 Å². The van der Waals surface area contributed by atoms with Crippen molar-refractivity contribution in [3.05, 3.63) is 23.7 Å². The number of alkyl halides is 1. The van der Waals surface area contributed by atoms with Crippen LogP contribution in [0, 0.1) is 0 Å². The summed E-state index contributed by atoms with van der Waals surface area (Å²) in [5, 5.41) is -0.0707. The Morgan fingerprint density at radius 3 is 3.12 bits per heavy atom. The van der Waals surface area contributed by atoms with E-state index in [9.17, 15) is 4.79 Å². The Bertz CT molecular complexity index is 554. The molecule has 1 unspecified atom stereocenters. The molecule has 0 bridgehead atoms. The standard InChI is InChI=1S/C11H9ClN2OS/c12-7-3-11(15)14(5-7)8-1-2-10-9(4-8)13-6-16-10/h1-2,4,6-7H,3,5H2. The number of halogens is 1. The van der Waals surface area contributed by atoms with Crippen LogP contribution in [0.3, 0.4) is 0 Å². The molecule has 1 aliphatic heterocycles. The number of thiazole rings is 1. The fraction of sp³-hybridized carbons (Fsp3) is 0.273. The molecular formula is C11H9ClN2OS. The highest BCUT2D eigenvalue weighted by atomic mass is 35.5. The van der Waals surface area contributed by atoms with Gasteiger partial charge in [0.1, 0.15) is 0 Å². The highest BCUT2D eigenvalue weighted by molar-refractivity contribution is 7.16. The summed E-state index contributed by atoms with van der Waals surface area (Å²) in [4.78, 5) is 17.7. The fourth-order valence-electron chi connectivity index (χ4n) is 1.93. The molecule has 0 aliphatic carbocycles. The van der Waals surface area contributed by atoms with Crippen molar-refractivity contribution >= 4 is 44.7 Å². The van der Waals surface area contributed by atoms with E-state index in [2.05, 4.69) is 4.98 Å². The van der Waals surface area contributed by atoms with Crippen molar-refractivity contribution in [1.82, 2.24) is 4.98 Å². The van der Waals surface area contributed by atoms with Gasteiger partial charge in [-0.2, -0.15) is 0 Å². The van der Waals surface area contributed by atoms with E-state index in [-0.39, 0.29) is 11.3 Å². The Labute approximate surface area is 102 Å². The second-order valence-electron chi connectivity index (χ2n) is 3.81. The molecule has 1 saturated heterocycles. The zero-order valence-electron chi connectivity index (χ0n) is 8.39. The number of aromatic nitrogens is 1. The van der Waals surface area contributed by atoms with E-state index in [0.29, 0.717) is 13.0 Å². The number of anilines is 1. The molecule has 16 heavy (non-hydrogen) atoms. The number of carbonyl (C=O) groups is 1. The predicted octanol–water partition coefficient (Wildman–Crippen LogP) is 2.64. The number of carbonyl (C=O) groups excluding carboxylic acids is 1. The van der Waals surface area contributed by atoms with Gasteiger partial charge in [-0.3, -0.25) is 4.79 Å². The van der Waals surface area contributed by atoms with Gasteiger partial charge < -0.3 is 4.90 Å². The van der Waals surface area contributed by atoms with Crippen molar-refractivity contribution in [3.63, 3.8) is 0 Å². The summed E-state index contributed by atoms with van der Waals surface area (Å²) in [6.45, 7) is 0.593. The number of amides is 1. The van der Waals surface area contributed by atoms with E-state index in [4.69, 9.17) is 11.6 Å². The van der Waals surface area contributed by atoms with Crippen LogP contribution in [0.1, 0.15) is 6.42 Å². The van der Waals surface area contributed by atoms with Crippen LogP contribution in [-0.4, -0.2) is 22.8 Å². The number of hydrogen-bond acceptors (Lipinski definition) is 3. The lowest BCUT2D eigenvalue weighted by molar-refractivity contribution is -0.117. The van der Waals surface area contributed by atoms with Gasteiger partial charge in [0.2, 0.25) is 5.91 Å². The number of rotatable bonds is 1. The molecule has 2 aromatic rings. The van der Waals surface area contributed by atoms with E-state index in [1.165, 1.54) is 0 Å². The maximum Gasteiger partial charge on any atom is 0.228 e. The first-order chi connectivity index (χ1) is 7.74. The first-order valence-corrected chi connectivity index (χ1v) is 6.33. The minimum Gasteiger partial charge on any atom is -0.311 e. The summed E-state index contributed by atoms with van der Waals surface area (Å²) in [7, 11) is 0. The summed E-state index contributed by atoms with van der Waals surface area (Å²) in [5.41, 5.74) is 3.64. The van der Waals surface area contributed by atoms with Crippen LogP contribution >= 0.6 is 22.9 Å². The Balaban J connectivity index is 2.02. The number of nitrogens with zero attached hydrogens (tertiary/aromatic N) is 2. The first kappa shape index (κ1) is 10.1. The van der Waals surface area contributed by atoms with Crippen LogP contribution in [0.5, 0.6) is 0 Å². The largest absolute Gasteiger partial charge is 0.311 e. The second-order valence-corrected chi connectivity index (χ2v) is 5.31. The van der Waals surface area contributed by atoms with Crippen molar-refractivity contribution < 1.29 is 4.79 Å². The van der Waals surface area contributed by atoms with Gasteiger partial charge in [0.15, 0.2) is 0 Å². The molecule has 1 aromatic carbocycles. The molecule has 1 atom stereocenters. The summed E-state index contributed by atoms with van der Waals surface area (Å²) < 4.78 is 1.14. The van der Waals surface area contributed by atoms with Crippen molar-refractivity contribution in [2.75, 3.05) is 11.4 Å². The van der Waals surface area contributed by atoms with Crippen molar-refractivity contribution in [3.8, 4) is 0 Å². The van der Waals surface area contributed by atoms with E-state index in [0.717, 1.165) is 15.9 Å². The monoisotopic (exact) mass is 252 g/mol. The van der Waals surface area contributed by atoms with Gasteiger partial charge in [-0.25, -0.2) is 4.98 Å². The molecule has 0 N–H and O–H groups in total. The van der Waals surface area contributed by atoms with Crippen LogP contribution in [0.15, 0.2) is 23.7 Å². The Kier molecular flexibility index (Phi) is 2.33. The predicted molar refractivity (Wildman–Crippen MR) is 66.2 cm³/mol. The summed E-state index contributed by atoms with van der Waals surface area (Å²) in [5.74, 6) is 0.0922. The summed E-state index contributed by atoms with van der Waals surface area (Å²) in [6.07, 6.45) is 0.427. The topological polar surface area (TPSA) is 33.2 Å². The molecule has 0 spiro atoms. The average molecular weight is 253 g/mol. The van der Waals surface area contributed by atoms with Gasteiger partial charge in [0, 0.05) is 18.7 Å². The maximum atomic E-state index is 11.7. The SMILES string of the molecule is O=C1CC(Cl)CN1c1ccc2scnc2c1. The molecule has 1 aliphatic rings. The van der Waals surface area contributed by atoms with Crippen molar-refractivity contribution in [2.24, 2.45) is 0 Å². The zero-order valence-corrected chi connectivity index (χ0v) is 9.96. The maximum absolute atomic E-state index is 11.7. The van der Waals surface area contributed by atoms with Gasteiger partial charge in [0.05, 0.1) is 21.1 Å². The lowest BCUT2D eigenvalue weighted by Gasteiger charge is -2.15. The molecule has 3 rings (SSSR count). The van der Waals surface area contributed by atoms with E-state index < -0.39 is 0 Å². The van der Waals surface area contributed by atoms with E-state index in [1.807, 2.05) is 23.7 Å². The highest BCUT2D eigenvalue weighted by Gasteiger charge is 2.29. The number of hydrogen-bond donors (Lipinski definition) is 0. The van der Waals surface area contributed by atoms with Crippen LogP contribution in [0.4, 0.5) is 5.69 Å². The molecular weight excluding hydrogens is 244 g/mol. The van der Waals surface area contributed by atoms with Gasteiger partial charge in [-0.15, -0.1) is 22.9 Å². The molecule has 5 heteroatoms. The fourth-order valence-corrected chi connectivity index (χ4v) is 2.86. The Morgan fingerprint density at radius 2 is 2.38 bits per heavy atom. The molecule has 3 nitrogen and oxygen atoms in total. The minimum atomic E-state index is -0.0707. The molecule has 1 aromatic heterocycles. The third kappa shape index (κ3) is 1.58. The van der Waals surface area contributed by atoms with Gasteiger partial charge in [-0.1, -0.05) is 0 Å². The molecule has 0 radical (unpaired) electrons. The number of fused-ring (bicyclic) bond motifs is 1. The van der Waals surface area contributed by atoms with Crippen LogP contribution < -0.4 is 4.90 Å². The molecule has 82 valence electrons. The molecule has 2 heterocycles. The summed E-state index contributed by atoms with van der Waals surface area (Å²) >= 11 is 7.57. The summed E-state index contributed by atoms with van der Waals surface area (Å²) in [6, 6.07) is 5.89. The lowest BCUT2D eigenvalue weighted by Crippen LogP contribution is -2.24. The Hall–Kier alpha value is -1.13. The second kappa shape index (κ2) is 3.71. The van der Waals surface area contributed by atoms with Crippen LogP contribution in [0.25, 0.3) is 10.2 Å². The first-order valence-electron chi connectivity index (χ1n) is 5.02. The van der Waals surface area contributed by atoms with E-state index in [1.54, 1.807) is 16.2 Å². The average Bonchev–Trinajstić information content (AvgIpc) is 2.83. The molecule has 1 fully saturated rings. The van der Waals surface area contributed by atoms with Crippen LogP contribution in [0.2, 0.25) is 0 Å². The number of benzene rings is 1. The third-order valence-corrected chi connectivity index (χ3v) is 3.81. The normalized spacial score (nSPS) is 20.9. The lowest BCUT2D eigenvalue weighted by atomic mass is 10.3. The van der Waals surface area contributed by atoms with Gasteiger partial charge in [-0.05, 0) is 18.2 Å². The van der Waals surface area contributed by atoms with Gasteiger partial charge in [0.25, 0.3) is 0 Å². The zero-order chi connectivity index (χ0) is 11.1. The quantitative estimate of drug-likeness (QED) is 0.731. The molecule has 0 saturated carbocycles. The highest BCUT2D eigenvalue weighted by Crippen LogP contribution is 2.28. The van der Waals surface area contributed by atoms with Crippen LogP contribution in [-0.2, 0) is 4.79 Å². The van der Waals surface area contributed by atoms with Crippen molar-refractivity contribution in [2.45, 2.75) is 11.8 Å². The third-order valence-electron chi connectivity index (χ3n) is 2.70. The Morgan fingerprint density at radius 1 is 1.50 bits per heavy atom. The minimum absolute atomic E-state index is 0.0707.